The fourth-order valence-corrected chi connectivity index (χ4v) is 2.77. The molecular weight excluding hydrogens is 224 g/mol. The van der Waals surface area contributed by atoms with Crippen LogP contribution in [0.3, 0.4) is 0 Å². The van der Waals surface area contributed by atoms with Gasteiger partial charge in [0.05, 0.1) is 0 Å². The zero-order valence-corrected chi connectivity index (χ0v) is 11.1. The van der Waals surface area contributed by atoms with Crippen molar-refractivity contribution in [3.05, 3.63) is 30.1 Å². The Morgan fingerprint density at radius 3 is 2.72 bits per heavy atom. The number of nitrogens with zero attached hydrogens (tertiary/aromatic N) is 1. The standard InChI is InChI=1S/C15H22N2O/c1-12-5-7-15(11-16,8-6-12)14(18)10-13-4-2-3-9-17-13/h2-4,9,12H,5-8,10-11,16H2,1H3. The third kappa shape index (κ3) is 2.78. The van der Waals surface area contributed by atoms with Gasteiger partial charge in [-0.2, -0.15) is 0 Å². The second-order valence-corrected chi connectivity index (χ2v) is 5.59. The van der Waals surface area contributed by atoms with Crippen molar-refractivity contribution in [1.29, 1.82) is 0 Å². The number of Topliss-reactive ketones (excluding diaryl/α,β-unsaturated/α-hetero) is 1. The lowest BCUT2D eigenvalue weighted by atomic mass is 9.67. The molecule has 0 unspecified atom stereocenters. The first-order chi connectivity index (χ1) is 8.66. The SMILES string of the molecule is CC1CCC(CN)(C(=O)Cc2ccccn2)CC1. The van der Waals surface area contributed by atoms with Crippen molar-refractivity contribution < 1.29 is 4.79 Å². The Labute approximate surface area is 109 Å². The Morgan fingerprint density at radius 2 is 2.17 bits per heavy atom. The third-order valence-corrected chi connectivity index (χ3v) is 4.28. The summed E-state index contributed by atoms with van der Waals surface area (Å²) in [6.07, 6.45) is 6.27. The third-order valence-electron chi connectivity index (χ3n) is 4.28. The summed E-state index contributed by atoms with van der Waals surface area (Å²) in [5, 5.41) is 0. The highest BCUT2D eigenvalue weighted by molar-refractivity contribution is 5.86. The van der Waals surface area contributed by atoms with E-state index in [0.717, 1.165) is 37.3 Å². The molecule has 1 aliphatic carbocycles. The number of pyridine rings is 1. The van der Waals surface area contributed by atoms with Crippen LogP contribution in [-0.2, 0) is 11.2 Å². The van der Waals surface area contributed by atoms with Crippen LogP contribution in [0.2, 0.25) is 0 Å². The van der Waals surface area contributed by atoms with E-state index in [4.69, 9.17) is 5.73 Å². The lowest BCUT2D eigenvalue weighted by Gasteiger charge is -2.37. The predicted octanol–water partition coefficient (Wildman–Crippen LogP) is 2.35. The van der Waals surface area contributed by atoms with E-state index in [2.05, 4.69) is 11.9 Å². The molecule has 0 radical (unpaired) electrons. The number of carbonyl (C=O) groups is 1. The molecule has 0 saturated heterocycles. The van der Waals surface area contributed by atoms with Gasteiger partial charge in [-0.05, 0) is 43.7 Å². The summed E-state index contributed by atoms with van der Waals surface area (Å²) in [6, 6.07) is 5.70. The van der Waals surface area contributed by atoms with E-state index in [1.54, 1.807) is 6.20 Å². The van der Waals surface area contributed by atoms with Crippen LogP contribution < -0.4 is 5.73 Å². The fourth-order valence-electron chi connectivity index (χ4n) is 2.77. The smallest absolute Gasteiger partial charge is 0.146 e. The maximum atomic E-state index is 12.5. The van der Waals surface area contributed by atoms with E-state index in [-0.39, 0.29) is 11.2 Å². The Bertz CT molecular complexity index is 394. The van der Waals surface area contributed by atoms with Gasteiger partial charge < -0.3 is 5.73 Å². The highest BCUT2D eigenvalue weighted by atomic mass is 16.1. The van der Waals surface area contributed by atoms with Crippen LogP contribution in [0.15, 0.2) is 24.4 Å². The molecule has 1 fully saturated rings. The van der Waals surface area contributed by atoms with Gasteiger partial charge in [0.2, 0.25) is 0 Å². The van der Waals surface area contributed by atoms with Crippen LogP contribution in [0.5, 0.6) is 0 Å². The van der Waals surface area contributed by atoms with E-state index in [9.17, 15) is 4.79 Å². The molecule has 0 aliphatic heterocycles. The molecule has 0 spiro atoms. The summed E-state index contributed by atoms with van der Waals surface area (Å²) in [5.74, 6) is 1.00. The summed E-state index contributed by atoms with van der Waals surface area (Å²) >= 11 is 0. The van der Waals surface area contributed by atoms with E-state index >= 15 is 0 Å². The van der Waals surface area contributed by atoms with Gasteiger partial charge in [-0.25, -0.2) is 0 Å². The van der Waals surface area contributed by atoms with Crippen molar-refractivity contribution in [2.24, 2.45) is 17.1 Å². The fraction of sp³-hybridized carbons (Fsp3) is 0.600. The van der Waals surface area contributed by atoms with E-state index in [1.807, 2.05) is 18.2 Å². The van der Waals surface area contributed by atoms with Gasteiger partial charge in [0, 0.05) is 30.3 Å². The van der Waals surface area contributed by atoms with Crippen molar-refractivity contribution in [3.8, 4) is 0 Å². The molecule has 1 aromatic heterocycles. The van der Waals surface area contributed by atoms with Gasteiger partial charge in [-0.15, -0.1) is 0 Å². The summed E-state index contributed by atoms with van der Waals surface area (Å²) < 4.78 is 0. The highest BCUT2D eigenvalue weighted by Crippen LogP contribution is 2.39. The van der Waals surface area contributed by atoms with Crippen LogP contribution in [-0.4, -0.2) is 17.3 Å². The Hall–Kier alpha value is -1.22. The molecular formula is C15H22N2O. The largest absolute Gasteiger partial charge is 0.329 e. The van der Waals surface area contributed by atoms with Gasteiger partial charge in [-0.3, -0.25) is 9.78 Å². The molecule has 3 nitrogen and oxygen atoms in total. The van der Waals surface area contributed by atoms with Crippen LogP contribution in [0.4, 0.5) is 0 Å². The zero-order chi connectivity index (χ0) is 13.0. The minimum atomic E-state index is -0.288. The number of hydrogen-bond acceptors (Lipinski definition) is 3. The maximum Gasteiger partial charge on any atom is 0.146 e. The lowest BCUT2D eigenvalue weighted by Crippen LogP contribution is -2.42. The van der Waals surface area contributed by atoms with E-state index in [1.165, 1.54) is 0 Å². The van der Waals surface area contributed by atoms with Gasteiger partial charge >= 0.3 is 0 Å². The number of aromatic nitrogens is 1. The molecule has 0 aromatic carbocycles. The van der Waals surface area contributed by atoms with E-state index in [0.29, 0.717) is 13.0 Å². The number of hydrogen-bond donors (Lipinski definition) is 1. The topological polar surface area (TPSA) is 56.0 Å². The second-order valence-electron chi connectivity index (χ2n) is 5.59. The number of rotatable bonds is 4. The lowest BCUT2D eigenvalue weighted by molar-refractivity contribution is -0.129. The molecule has 18 heavy (non-hydrogen) atoms. The molecule has 0 bridgehead atoms. The monoisotopic (exact) mass is 246 g/mol. The Morgan fingerprint density at radius 1 is 1.44 bits per heavy atom. The van der Waals surface area contributed by atoms with Gasteiger partial charge in [-0.1, -0.05) is 13.0 Å². The van der Waals surface area contributed by atoms with Crippen LogP contribution >= 0.6 is 0 Å². The maximum absolute atomic E-state index is 12.5. The van der Waals surface area contributed by atoms with Crippen molar-refractivity contribution in [2.75, 3.05) is 6.54 Å². The number of ketones is 1. The minimum absolute atomic E-state index is 0.274. The first-order valence-electron chi connectivity index (χ1n) is 6.79. The van der Waals surface area contributed by atoms with Crippen LogP contribution in [0.25, 0.3) is 0 Å². The molecule has 98 valence electrons. The molecule has 0 amide bonds. The van der Waals surface area contributed by atoms with E-state index < -0.39 is 0 Å². The first kappa shape index (κ1) is 13.2. The molecule has 2 N–H and O–H groups in total. The summed E-state index contributed by atoms with van der Waals surface area (Å²) in [7, 11) is 0. The van der Waals surface area contributed by atoms with Crippen LogP contribution in [0.1, 0.15) is 38.3 Å². The quantitative estimate of drug-likeness (QED) is 0.887. The van der Waals surface area contributed by atoms with Gasteiger partial charge in [0.1, 0.15) is 5.78 Å². The Balaban J connectivity index is 2.06. The molecule has 1 heterocycles. The van der Waals surface area contributed by atoms with Crippen molar-refractivity contribution >= 4 is 5.78 Å². The first-order valence-corrected chi connectivity index (χ1v) is 6.79. The Kier molecular flexibility index (Phi) is 4.12. The zero-order valence-electron chi connectivity index (χ0n) is 11.1. The molecule has 1 saturated carbocycles. The summed E-state index contributed by atoms with van der Waals surface area (Å²) in [5.41, 5.74) is 6.46. The average Bonchev–Trinajstić information content (AvgIpc) is 2.41. The normalized spacial score (nSPS) is 28.0. The number of carbonyl (C=O) groups excluding carboxylic acids is 1. The van der Waals surface area contributed by atoms with Gasteiger partial charge in [0.25, 0.3) is 0 Å². The van der Waals surface area contributed by atoms with Crippen molar-refractivity contribution in [3.63, 3.8) is 0 Å². The van der Waals surface area contributed by atoms with Crippen LogP contribution in [0, 0.1) is 11.3 Å². The molecule has 0 atom stereocenters. The van der Waals surface area contributed by atoms with Crippen molar-refractivity contribution in [2.45, 2.75) is 39.0 Å². The van der Waals surface area contributed by atoms with Gasteiger partial charge in [0.15, 0.2) is 0 Å². The van der Waals surface area contributed by atoms with Crippen molar-refractivity contribution in [1.82, 2.24) is 4.98 Å². The molecule has 1 aliphatic rings. The molecule has 3 heteroatoms. The highest BCUT2D eigenvalue weighted by Gasteiger charge is 2.39. The molecule has 2 rings (SSSR count). The number of nitrogens with two attached hydrogens (primary N) is 1. The second kappa shape index (κ2) is 5.61. The minimum Gasteiger partial charge on any atom is -0.329 e. The summed E-state index contributed by atoms with van der Waals surface area (Å²) in [4.78, 5) is 16.7. The predicted molar refractivity (Wildman–Crippen MR) is 72.1 cm³/mol. The molecule has 1 aromatic rings. The summed E-state index contributed by atoms with van der Waals surface area (Å²) in [6.45, 7) is 2.73. The average molecular weight is 246 g/mol.